The van der Waals surface area contributed by atoms with Crippen molar-refractivity contribution in [2.75, 3.05) is 11.9 Å². The summed E-state index contributed by atoms with van der Waals surface area (Å²) >= 11 is 0. The number of oxime groups is 1. The zero-order chi connectivity index (χ0) is 14.6. The minimum absolute atomic E-state index is 0.481. The number of nitrogens with one attached hydrogen (secondary N) is 1. The number of nitrogens with zero attached hydrogens (tertiary/aromatic N) is 1. The van der Waals surface area contributed by atoms with E-state index in [4.69, 9.17) is 10.9 Å². The highest BCUT2D eigenvalue weighted by Gasteiger charge is 2.42. The number of hydrogen-bond donors (Lipinski definition) is 3. The summed E-state index contributed by atoms with van der Waals surface area (Å²) in [6.45, 7) is 3.11. The molecule has 0 aliphatic rings. The largest absolute Gasteiger partial charge is 0.409 e. The van der Waals surface area contributed by atoms with Gasteiger partial charge in [0.2, 0.25) is 0 Å². The standard InChI is InChI=1S/C12H16F3N3O/c1-7-4-3-5-8(2)10(7)17-6-9(11(16)18-19)12(13,14)15/h3-5,9,17,19H,6H2,1-2H3,(H2,16,18). The maximum atomic E-state index is 12.7. The first kappa shape index (κ1) is 15.1. The summed E-state index contributed by atoms with van der Waals surface area (Å²) in [4.78, 5) is 0. The molecule has 0 saturated heterocycles. The summed E-state index contributed by atoms with van der Waals surface area (Å²) in [5.41, 5.74) is 7.38. The normalized spacial score (nSPS) is 14.3. The van der Waals surface area contributed by atoms with Crippen LogP contribution in [0.5, 0.6) is 0 Å². The van der Waals surface area contributed by atoms with Crippen LogP contribution in [0, 0.1) is 19.8 Å². The van der Waals surface area contributed by atoms with Gasteiger partial charge in [-0.15, -0.1) is 0 Å². The predicted octanol–water partition coefficient (Wildman–Crippen LogP) is 2.64. The molecule has 4 N–H and O–H groups in total. The van der Waals surface area contributed by atoms with E-state index in [1.54, 1.807) is 26.0 Å². The maximum Gasteiger partial charge on any atom is 0.400 e. The average Bonchev–Trinajstić information content (AvgIpc) is 2.30. The summed E-state index contributed by atoms with van der Waals surface area (Å²) in [5.74, 6) is -2.89. The quantitative estimate of drug-likeness (QED) is 0.342. The van der Waals surface area contributed by atoms with Crippen LogP contribution in [0.3, 0.4) is 0 Å². The van der Waals surface area contributed by atoms with Crippen LogP contribution < -0.4 is 11.1 Å². The fraction of sp³-hybridized carbons (Fsp3) is 0.417. The van der Waals surface area contributed by atoms with Gasteiger partial charge in [-0.3, -0.25) is 0 Å². The minimum atomic E-state index is -4.57. The van der Waals surface area contributed by atoms with Crippen LogP contribution in [0.15, 0.2) is 23.4 Å². The van der Waals surface area contributed by atoms with Crippen LogP contribution in [0.4, 0.5) is 18.9 Å². The molecule has 1 atom stereocenters. The number of alkyl halides is 3. The second kappa shape index (κ2) is 5.81. The van der Waals surface area contributed by atoms with Crippen molar-refractivity contribution in [3.63, 3.8) is 0 Å². The molecule has 0 fully saturated rings. The van der Waals surface area contributed by atoms with E-state index in [1.165, 1.54) is 0 Å². The Kier molecular flexibility index (Phi) is 4.63. The SMILES string of the molecule is Cc1cccc(C)c1NCC(/C(N)=N/O)C(F)(F)F. The van der Waals surface area contributed by atoms with E-state index in [-0.39, 0.29) is 0 Å². The number of amidine groups is 1. The third-order valence-corrected chi connectivity index (χ3v) is 2.83. The molecule has 0 aliphatic carbocycles. The third kappa shape index (κ3) is 3.77. The highest BCUT2D eigenvalue weighted by Crippen LogP contribution is 2.28. The van der Waals surface area contributed by atoms with Gasteiger partial charge in [0, 0.05) is 12.2 Å². The Morgan fingerprint density at radius 3 is 2.32 bits per heavy atom. The molecule has 0 amide bonds. The molecule has 0 aromatic heterocycles. The molecule has 106 valence electrons. The summed E-state index contributed by atoms with van der Waals surface area (Å²) in [6, 6.07) is 5.41. The first-order chi connectivity index (χ1) is 8.77. The monoisotopic (exact) mass is 275 g/mol. The molecule has 4 nitrogen and oxygen atoms in total. The fourth-order valence-electron chi connectivity index (χ4n) is 1.76. The molecule has 0 aliphatic heterocycles. The Hall–Kier alpha value is -1.92. The molecule has 1 aromatic rings. The molecule has 1 rings (SSSR count). The van der Waals surface area contributed by atoms with Crippen LogP contribution in [0.1, 0.15) is 11.1 Å². The number of rotatable bonds is 4. The number of hydrogen-bond acceptors (Lipinski definition) is 3. The summed E-state index contributed by atoms with van der Waals surface area (Å²) in [7, 11) is 0. The van der Waals surface area contributed by atoms with Crippen molar-refractivity contribution in [2.45, 2.75) is 20.0 Å². The van der Waals surface area contributed by atoms with E-state index in [0.717, 1.165) is 11.1 Å². The number of aryl methyl sites for hydroxylation is 2. The van der Waals surface area contributed by atoms with Gasteiger partial charge in [0.15, 0.2) is 5.84 Å². The second-order valence-electron chi connectivity index (χ2n) is 4.27. The third-order valence-electron chi connectivity index (χ3n) is 2.83. The van der Waals surface area contributed by atoms with Gasteiger partial charge in [0.05, 0.1) is 0 Å². The van der Waals surface area contributed by atoms with Crippen LogP contribution in [-0.4, -0.2) is 23.8 Å². The van der Waals surface area contributed by atoms with Crippen LogP contribution in [-0.2, 0) is 0 Å². The lowest BCUT2D eigenvalue weighted by Crippen LogP contribution is -2.40. The van der Waals surface area contributed by atoms with E-state index < -0.39 is 24.5 Å². The van der Waals surface area contributed by atoms with Crippen molar-refractivity contribution >= 4 is 11.5 Å². The Balaban J connectivity index is 2.89. The minimum Gasteiger partial charge on any atom is -0.409 e. The van der Waals surface area contributed by atoms with E-state index in [1.807, 2.05) is 6.07 Å². The van der Waals surface area contributed by atoms with Crippen LogP contribution in [0.25, 0.3) is 0 Å². The molecule has 0 heterocycles. The Morgan fingerprint density at radius 2 is 1.89 bits per heavy atom. The van der Waals surface area contributed by atoms with Crippen LogP contribution in [0.2, 0.25) is 0 Å². The average molecular weight is 275 g/mol. The summed E-state index contributed by atoms with van der Waals surface area (Å²) in [5, 5.41) is 13.6. The van der Waals surface area contributed by atoms with Crippen molar-refractivity contribution in [1.29, 1.82) is 0 Å². The topological polar surface area (TPSA) is 70.6 Å². The van der Waals surface area contributed by atoms with Gasteiger partial charge < -0.3 is 16.3 Å². The van der Waals surface area contributed by atoms with Crippen molar-refractivity contribution in [1.82, 2.24) is 0 Å². The van der Waals surface area contributed by atoms with E-state index >= 15 is 0 Å². The number of anilines is 1. The molecule has 19 heavy (non-hydrogen) atoms. The molecule has 7 heteroatoms. The summed E-state index contributed by atoms with van der Waals surface area (Å²) in [6.07, 6.45) is -4.57. The molecule has 0 radical (unpaired) electrons. The Morgan fingerprint density at radius 1 is 1.37 bits per heavy atom. The number of halogens is 3. The van der Waals surface area contributed by atoms with Gasteiger partial charge in [0.25, 0.3) is 0 Å². The summed E-state index contributed by atoms with van der Waals surface area (Å²) < 4.78 is 38.2. The van der Waals surface area contributed by atoms with Crippen molar-refractivity contribution < 1.29 is 18.4 Å². The molecule has 0 bridgehead atoms. The first-order valence-electron chi connectivity index (χ1n) is 5.61. The van der Waals surface area contributed by atoms with E-state index in [9.17, 15) is 13.2 Å². The molecular weight excluding hydrogens is 259 g/mol. The van der Waals surface area contributed by atoms with Gasteiger partial charge in [-0.1, -0.05) is 23.4 Å². The number of nitrogens with two attached hydrogens (primary N) is 1. The van der Waals surface area contributed by atoms with Crippen molar-refractivity contribution in [3.8, 4) is 0 Å². The Bertz CT molecular complexity index is 452. The van der Waals surface area contributed by atoms with Gasteiger partial charge in [-0.2, -0.15) is 13.2 Å². The Labute approximate surface area is 109 Å². The molecule has 0 spiro atoms. The molecule has 0 saturated carbocycles. The predicted molar refractivity (Wildman–Crippen MR) is 67.4 cm³/mol. The zero-order valence-electron chi connectivity index (χ0n) is 10.6. The van der Waals surface area contributed by atoms with E-state index in [2.05, 4.69) is 10.5 Å². The lowest BCUT2D eigenvalue weighted by Gasteiger charge is -2.21. The highest BCUT2D eigenvalue weighted by molar-refractivity contribution is 5.83. The smallest absolute Gasteiger partial charge is 0.400 e. The van der Waals surface area contributed by atoms with Gasteiger partial charge in [-0.05, 0) is 25.0 Å². The molecule has 1 unspecified atom stereocenters. The lowest BCUT2D eigenvalue weighted by atomic mass is 10.1. The molecule has 1 aromatic carbocycles. The first-order valence-corrected chi connectivity index (χ1v) is 5.61. The zero-order valence-corrected chi connectivity index (χ0v) is 10.6. The highest BCUT2D eigenvalue weighted by atomic mass is 19.4. The van der Waals surface area contributed by atoms with Crippen molar-refractivity contribution in [2.24, 2.45) is 16.8 Å². The van der Waals surface area contributed by atoms with Crippen LogP contribution >= 0.6 is 0 Å². The van der Waals surface area contributed by atoms with Crippen molar-refractivity contribution in [3.05, 3.63) is 29.3 Å². The maximum absolute atomic E-state index is 12.7. The lowest BCUT2D eigenvalue weighted by molar-refractivity contribution is -0.152. The molecular formula is C12H16F3N3O. The van der Waals surface area contributed by atoms with Gasteiger partial charge >= 0.3 is 6.18 Å². The number of para-hydroxylation sites is 1. The fourth-order valence-corrected chi connectivity index (χ4v) is 1.76. The number of benzene rings is 1. The van der Waals surface area contributed by atoms with E-state index in [0.29, 0.717) is 5.69 Å². The van der Waals surface area contributed by atoms with Gasteiger partial charge in [0.1, 0.15) is 5.92 Å². The van der Waals surface area contributed by atoms with Gasteiger partial charge in [-0.25, -0.2) is 0 Å². The second-order valence-corrected chi connectivity index (χ2v) is 4.27.